The predicted octanol–water partition coefficient (Wildman–Crippen LogP) is 4.15. The van der Waals surface area contributed by atoms with Crippen LogP contribution in [0, 0.1) is 11.8 Å². The van der Waals surface area contributed by atoms with Crippen molar-refractivity contribution in [3.8, 4) is 0 Å². The average molecular weight is 328 g/mol. The molecule has 0 spiro atoms. The zero-order valence-corrected chi connectivity index (χ0v) is 15.8. The van der Waals surface area contributed by atoms with Gasteiger partial charge in [0.25, 0.3) is 0 Å². The molecule has 0 aromatic heterocycles. The van der Waals surface area contributed by atoms with Crippen LogP contribution in [0.3, 0.4) is 0 Å². The SMILES string of the molecule is CCCC(C)(O)[C@@H]1CC2C3Cc4ccccc4[C@@]2(CC)CC1N3C. The first-order valence-electron chi connectivity index (χ1n) is 9.97. The molecule has 4 aliphatic rings. The Morgan fingerprint density at radius 3 is 2.71 bits per heavy atom. The topological polar surface area (TPSA) is 23.5 Å². The highest BCUT2D eigenvalue weighted by molar-refractivity contribution is 5.42. The lowest BCUT2D eigenvalue weighted by atomic mass is 9.47. The van der Waals surface area contributed by atoms with E-state index in [-0.39, 0.29) is 0 Å². The van der Waals surface area contributed by atoms with Crippen LogP contribution < -0.4 is 0 Å². The highest BCUT2D eigenvalue weighted by Crippen LogP contribution is 2.61. The Morgan fingerprint density at radius 2 is 2.00 bits per heavy atom. The summed E-state index contributed by atoms with van der Waals surface area (Å²) in [5.41, 5.74) is 3.02. The number of benzene rings is 1. The molecule has 1 N–H and O–H groups in total. The van der Waals surface area contributed by atoms with Gasteiger partial charge in [-0.15, -0.1) is 0 Å². The summed E-state index contributed by atoms with van der Waals surface area (Å²) in [6.45, 7) is 6.68. The van der Waals surface area contributed by atoms with Crippen molar-refractivity contribution in [2.75, 3.05) is 7.05 Å². The van der Waals surface area contributed by atoms with E-state index in [1.54, 1.807) is 11.1 Å². The number of fused-ring (bicyclic) bond motifs is 2. The summed E-state index contributed by atoms with van der Waals surface area (Å²) in [5, 5.41) is 11.2. The second-order valence-corrected chi connectivity index (χ2v) is 8.93. The molecule has 0 radical (unpaired) electrons. The van der Waals surface area contributed by atoms with Crippen LogP contribution in [0.25, 0.3) is 0 Å². The number of rotatable bonds is 4. The molecular weight excluding hydrogens is 294 g/mol. The molecule has 2 saturated heterocycles. The smallest absolute Gasteiger partial charge is 0.0662 e. The van der Waals surface area contributed by atoms with Crippen molar-refractivity contribution in [1.82, 2.24) is 4.90 Å². The van der Waals surface area contributed by atoms with E-state index >= 15 is 0 Å². The monoisotopic (exact) mass is 327 g/mol. The van der Waals surface area contributed by atoms with Gasteiger partial charge < -0.3 is 5.11 Å². The summed E-state index contributed by atoms with van der Waals surface area (Å²) in [5.74, 6) is 1.12. The van der Waals surface area contributed by atoms with Gasteiger partial charge in [0.15, 0.2) is 0 Å². The maximum absolute atomic E-state index is 11.2. The van der Waals surface area contributed by atoms with Gasteiger partial charge in [0.2, 0.25) is 0 Å². The molecule has 1 aromatic rings. The quantitative estimate of drug-likeness (QED) is 0.898. The third kappa shape index (κ3) is 2.08. The Labute approximate surface area is 147 Å². The Morgan fingerprint density at radius 1 is 1.25 bits per heavy atom. The van der Waals surface area contributed by atoms with Gasteiger partial charge in [-0.3, -0.25) is 4.90 Å². The zero-order chi connectivity index (χ0) is 17.1. The maximum Gasteiger partial charge on any atom is 0.0662 e. The van der Waals surface area contributed by atoms with Crippen LogP contribution in [0.15, 0.2) is 24.3 Å². The van der Waals surface area contributed by atoms with Crippen LogP contribution in [0.2, 0.25) is 0 Å². The number of hydrogen-bond donors (Lipinski definition) is 1. The van der Waals surface area contributed by atoms with Crippen molar-refractivity contribution in [1.29, 1.82) is 0 Å². The molecule has 5 rings (SSSR count). The van der Waals surface area contributed by atoms with Crippen molar-refractivity contribution in [2.45, 2.75) is 82.4 Å². The zero-order valence-electron chi connectivity index (χ0n) is 15.8. The third-order valence-corrected chi connectivity index (χ3v) is 7.93. The van der Waals surface area contributed by atoms with Gasteiger partial charge in [0, 0.05) is 23.4 Å². The second kappa shape index (κ2) is 5.57. The molecule has 132 valence electrons. The summed E-state index contributed by atoms with van der Waals surface area (Å²) in [6, 6.07) is 10.4. The van der Waals surface area contributed by atoms with E-state index in [1.807, 2.05) is 0 Å². The van der Waals surface area contributed by atoms with Crippen LogP contribution in [-0.2, 0) is 11.8 Å². The summed E-state index contributed by atoms with van der Waals surface area (Å²) >= 11 is 0. The number of hydrogen-bond acceptors (Lipinski definition) is 2. The van der Waals surface area contributed by atoms with E-state index in [1.165, 1.54) is 25.7 Å². The molecule has 2 aliphatic carbocycles. The standard InChI is InChI=1S/C22H33NO/c1-5-11-21(3,24)17-13-18-19-12-15-9-7-8-10-16(15)22(18,6-2)14-20(17)23(19)4/h7-10,17-20,24H,5-6,11-14H2,1-4H3/t17-,18?,19?,20?,21?,22-/m1/s1. The van der Waals surface area contributed by atoms with Gasteiger partial charge in [-0.1, -0.05) is 44.5 Å². The molecule has 3 fully saturated rings. The highest BCUT2D eigenvalue weighted by Gasteiger charge is 2.62. The highest BCUT2D eigenvalue weighted by atomic mass is 16.3. The van der Waals surface area contributed by atoms with Crippen LogP contribution in [0.4, 0.5) is 0 Å². The number of aliphatic hydroxyl groups is 1. The van der Waals surface area contributed by atoms with Crippen molar-refractivity contribution in [2.24, 2.45) is 11.8 Å². The van der Waals surface area contributed by atoms with Crippen molar-refractivity contribution >= 4 is 0 Å². The summed E-state index contributed by atoms with van der Waals surface area (Å²) in [4.78, 5) is 2.65. The second-order valence-electron chi connectivity index (χ2n) is 8.93. The van der Waals surface area contributed by atoms with E-state index in [0.717, 1.165) is 12.8 Å². The molecule has 4 unspecified atom stereocenters. The van der Waals surface area contributed by atoms with Gasteiger partial charge in [-0.2, -0.15) is 0 Å². The molecule has 2 heterocycles. The van der Waals surface area contributed by atoms with Crippen molar-refractivity contribution in [3.05, 3.63) is 35.4 Å². The van der Waals surface area contributed by atoms with Crippen LogP contribution in [-0.4, -0.2) is 34.7 Å². The lowest BCUT2D eigenvalue weighted by Crippen LogP contribution is -2.70. The van der Waals surface area contributed by atoms with E-state index in [9.17, 15) is 5.11 Å². The molecule has 4 bridgehead atoms. The van der Waals surface area contributed by atoms with Gasteiger partial charge >= 0.3 is 0 Å². The molecule has 2 heteroatoms. The Bertz CT molecular complexity index is 624. The molecule has 2 aliphatic heterocycles. The first-order valence-corrected chi connectivity index (χ1v) is 9.97. The van der Waals surface area contributed by atoms with Crippen LogP contribution in [0.1, 0.15) is 64.0 Å². The van der Waals surface area contributed by atoms with Crippen LogP contribution >= 0.6 is 0 Å². The van der Waals surface area contributed by atoms with Gasteiger partial charge in [-0.05, 0) is 63.1 Å². The van der Waals surface area contributed by atoms with E-state index < -0.39 is 5.60 Å². The van der Waals surface area contributed by atoms with E-state index in [2.05, 4.69) is 57.0 Å². The first kappa shape index (κ1) is 16.6. The summed E-state index contributed by atoms with van der Waals surface area (Å²) in [6.07, 6.45) is 6.85. The Hall–Kier alpha value is -0.860. The normalized spacial score (nSPS) is 40.2. The molecule has 2 nitrogen and oxygen atoms in total. The summed E-state index contributed by atoms with van der Waals surface area (Å²) < 4.78 is 0. The maximum atomic E-state index is 11.2. The molecule has 1 aromatic carbocycles. The van der Waals surface area contributed by atoms with Crippen LogP contribution in [0.5, 0.6) is 0 Å². The van der Waals surface area contributed by atoms with Gasteiger partial charge in [-0.25, -0.2) is 0 Å². The predicted molar refractivity (Wildman–Crippen MR) is 99.2 cm³/mol. The lowest BCUT2D eigenvalue weighted by molar-refractivity contribution is -0.155. The van der Waals surface area contributed by atoms with Crippen molar-refractivity contribution < 1.29 is 5.11 Å². The van der Waals surface area contributed by atoms with E-state index in [0.29, 0.717) is 29.3 Å². The Kier molecular flexibility index (Phi) is 3.85. The molecule has 1 saturated carbocycles. The molecule has 0 amide bonds. The summed E-state index contributed by atoms with van der Waals surface area (Å²) in [7, 11) is 2.32. The number of piperidine rings is 2. The largest absolute Gasteiger partial charge is 0.390 e. The fourth-order valence-electron chi connectivity index (χ4n) is 6.77. The lowest BCUT2D eigenvalue weighted by Gasteiger charge is -2.67. The molecular formula is C22H33NO. The third-order valence-electron chi connectivity index (χ3n) is 7.93. The number of nitrogens with zero attached hydrogens (tertiary/aromatic N) is 1. The fourth-order valence-corrected chi connectivity index (χ4v) is 6.77. The first-order chi connectivity index (χ1) is 11.4. The minimum atomic E-state index is -0.518. The van der Waals surface area contributed by atoms with Gasteiger partial charge in [0.05, 0.1) is 5.60 Å². The minimum Gasteiger partial charge on any atom is -0.390 e. The fraction of sp³-hybridized carbons (Fsp3) is 0.727. The minimum absolute atomic E-state index is 0.343. The molecule has 24 heavy (non-hydrogen) atoms. The van der Waals surface area contributed by atoms with Gasteiger partial charge in [0.1, 0.15) is 0 Å². The molecule has 6 atom stereocenters. The van der Waals surface area contributed by atoms with Crippen molar-refractivity contribution in [3.63, 3.8) is 0 Å². The van der Waals surface area contributed by atoms with E-state index in [4.69, 9.17) is 0 Å². The number of likely N-dealkylation sites (N-methyl/N-ethyl adjacent to an activating group) is 1. The average Bonchev–Trinajstić information content (AvgIpc) is 2.58. The Balaban J connectivity index is 1.77.